The number of hydrogen-bond acceptors (Lipinski definition) is 5. The van der Waals surface area contributed by atoms with E-state index in [-0.39, 0.29) is 23.1 Å². The van der Waals surface area contributed by atoms with Crippen molar-refractivity contribution in [2.45, 2.75) is 6.29 Å². The van der Waals surface area contributed by atoms with Gasteiger partial charge in [-0.15, -0.1) is 8.78 Å². The second-order valence-electron chi connectivity index (χ2n) is 4.37. The summed E-state index contributed by atoms with van der Waals surface area (Å²) in [5.74, 6) is -0.352. The molecular weight excluding hydrogens is 302 g/mol. The minimum Gasteiger partial charge on any atom is -0.395 e. The molecule has 8 heteroatoms. The highest BCUT2D eigenvalue weighted by atomic mass is 32.2. The van der Waals surface area contributed by atoms with Gasteiger partial charge in [0.2, 0.25) is 0 Å². The smallest absolute Gasteiger partial charge is 0.395 e. The Balaban J connectivity index is 1.92. The Hall–Kier alpha value is -2.09. The number of rotatable bonds is 1. The number of carbonyl (C=O) groups excluding carboxylic acids is 1. The molecule has 110 valence electrons. The zero-order valence-corrected chi connectivity index (χ0v) is 11.9. The SMILES string of the molecule is CSC1=N/C(=C\c2ccc3c(c2)OC(F)(F)O3)C(=O)N1C. The lowest BCUT2D eigenvalue weighted by Gasteiger charge is -2.07. The van der Waals surface area contributed by atoms with Gasteiger partial charge in [-0.25, -0.2) is 4.99 Å². The molecule has 0 saturated carbocycles. The zero-order valence-electron chi connectivity index (χ0n) is 11.1. The van der Waals surface area contributed by atoms with E-state index in [4.69, 9.17) is 0 Å². The van der Waals surface area contributed by atoms with Gasteiger partial charge < -0.3 is 9.47 Å². The van der Waals surface area contributed by atoms with Crippen molar-refractivity contribution in [2.75, 3.05) is 13.3 Å². The van der Waals surface area contributed by atoms with Crippen molar-refractivity contribution in [1.82, 2.24) is 4.90 Å². The maximum Gasteiger partial charge on any atom is 0.586 e. The molecule has 0 radical (unpaired) electrons. The van der Waals surface area contributed by atoms with Gasteiger partial charge in [-0.2, -0.15) is 0 Å². The average Bonchev–Trinajstić information content (AvgIpc) is 2.87. The van der Waals surface area contributed by atoms with Gasteiger partial charge in [0.05, 0.1) is 0 Å². The molecule has 2 aliphatic rings. The van der Waals surface area contributed by atoms with Crippen molar-refractivity contribution >= 4 is 28.9 Å². The summed E-state index contributed by atoms with van der Waals surface area (Å²) in [6, 6.07) is 4.30. The molecule has 0 aliphatic carbocycles. The molecule has 3 rings (SSSR count). The maximum atomic E-state index is 12.9. The molecular formula is C13H10F2N2O3S. The molecule has 0 atom stereocenters. The van der Waals surface area contributed by atoms with E-state index >= 15 is 0 Å². The number of aliphatic imine (C=N–C) groups is 1. The molecule has 0 spiro atoms. The zero-order chi connectivity index (χ0) is 15.2. The van der Waals surface area contributed by atoms with Crippen molar-refractivity contribution in [3.8, 4) is 11.5 Å². The van der Waals surface area contributed by atoms with Crippen molar-refractivity contribution in [1.29, 1.82) is 0 Å². The summed E-state index contributed by atoms with van der Waals surface area (Å²) in [5.41, 5.74) is 0.769. The molecule has 21 heavy (non-hydrogen) atoms. The second kappa shape index (κ2) is 4.73. The molecule has 5 nitrogen and oxygen atoms in total. The number of ether oxygens (including phenoxy) is 2. The summed E-state index contributed by atoms with van der Waals surface area (Å²) < 4.78 is 34.6. The minimum absolute atomic E-state index is 0.0367. The molecule has 0 aromatic heterocycles. The summed E-state index contributed by atoms with van der Waals surface area (Å²) in [6.07, 6.45) is -0.321. The van der Waals surface area contributed by atoms with E-state index in [1.54, 1.807) is 13.1 Å². The molecule has 0 unspecified atom stereocenters. The fourth-order valence-corrected chi connectivity index (χ4v) is 2.52. The lowest BCUT2D eigenvalue weighted by Crippen LogP contribution is -2.25. The number of benzene rings is 1. The number of thioether (sulfide) groups is 1. The van der Waals surface area contributed by atoms with Gasteiger partial charge in [-0.05, 0) is 30.0 Å². The minimum atomic E-state index is -3.65. The Labute approximate surface area is 123 Å². The standard InChI is InChI=1S/C13H10F2N2O3S/c1-17-11(18)8(16-12(17)21-2)5-7-3-4-9-10(6-7)20-13(14,15)19-9/h3-6H,1-2H3/b8-5-. The Morgan fingerprint density at radius 3 is 2.71 bits per heavy atom. The predicted octanol–water partition coefficient (Wildman–Crippen LogP) is 2.54. The van der Waals surface area contributed by atoms with Gasteiger partial charge in [0.15, 0.2) is 16.7 Å². The van der Waals surface area contributed by atoms with Crippen molar-refractivity contribution in [3.05, 3.63) is 29.5 Å². The number of hydrogen-bond donors (Lipinski definition) is 0. The van der Waals surface area contributed by atoms with Gasteiger partial charge in [0.25, 0.3) is 5.91 Å². The van der Waals surface area contributed by atoms with Crippen LogP contribution in [0, 0.1) is 0 Å². The van der Waals surface area contributed by atoms with Crippen LogP contribution in [0.1, 0.15) is 5.56 Å². The first kappa shape index (κ1) is 13.9. The third-order valence-electron chi connectivity index (χ3n) is 2.94. The number of alkyl halides is 2. The van der Waals surface area contributed by atoms with Crippen molar-refractivity contribution in [3.63, 3.8) is 0 Å². The first-order valence-electron chi connectivity index (χ1n) is 5.92. The number of likely N-dealkylation sites (N-methyl/N-ethyl adjacent to an activating group) is 1. The Morgan fingerprint density at radius 1 is 1.33 bits per heavy atom. The summed E-state index contributed by atoms with van der Waals surface area (Å²) in [7, 11) is 1.62. The van der Waals surface area contributed by atoms with E-state index in [0.29, 0.717) is 10.7 Å². The third kappa shape index (κ3) is 2.46. The van der Waals surface area contributed by atoms with E-state index in [0.717, 1.165) is 0 Å². The number of halogens is 2. The number of nitrogens with zero attached hydrogens (tertiary/aromatic N) is 2. The van der Waals surface area contributed by atoms with Crippen LogP contribution in [0.2, 0.25) is 0 Å². The monoisotopic (exact) mass is 312 g/mol. The number of amides is 1. The predicted molar refractivity (Wildman–Crippen MR) is 74.3 cm³/mol. The highest BCUT2D eigenvalue weighted by Crippen LogP contribution is 2.41. The normalized spacial score (nSPS) is 21.1. The molecule has 0 fully saturated rings. The first-order valence-corrected chi connectivity index (χ1v) is 7.14. The third-order valence-corrected chi connectivity index (χ3v) is 3.67. The quantitative estimate of drug-likeness (QED) is 0.748. The molecule has 0 N–H and O–H groups in total. The van der Waals surface area contributed by atoms with Crippen LogP contribution in [0.25, 0.3) is 6.08 Å². The molecule has 0 saturated heterocycles. The number of fused-ring (bicyclic) bond motifs is 1. The highest BCUT2D eigenvalue weighted by Gasteiger charge is 2.43. The molecule has 1 aromatic rings. The van der Waals surface area contributed by atoms with Gasteiger partial charge in [-0.3, -0.25) is 9.69 Å². The van der Waals surface area contributed by atoms with Gasteiger partial charge >= 0.3 is 6.29 Å². The van der Waals surface area contributed by atoms with E-state index < -0.39 is 6.29 Å². The van der Waals surface area contributed by atoms with Crippen LogP contribution in [0.3, 0.4) is 0 Å². The summed E-state index contributed by atoms with van der Waals surface area (Å²) in [4.78, 5) is 17.6. The van der Waals surface area contributed by atoms with Crippen LogP contribution in [0.15, 0.2) is 28.9 Å². The lowest BCUT2D eigenvalue weighted by atomic mass is 10.1. The van der Waals surface area contributed by atoms with Crippen LogP contribution >= 0.6 is 11.8 Å². The molecule has 2 aliphatic heterocycles. The number of amidine groups is 1. The molecule has 0 bridgehead atoms. The van der Waals surface area contributed by atoms with Crippen LogP contribution in [0.4, 0.5) is 8.78 Å². The largest absolute Gasteiger partial charge is 0.586 e. The van der Waals surface area contributed by atoms with Crippen molar-refractivity contribution in [2.24, 2.45) is 4.99 Å². The van der Waals surface area contributed by atoms with E-state index in [1.807, 2.05) is 6.26 Å². The fraction of sp³-hybridized carbons (Fsp3) is 0.231. The van der Waals surface area contributed by atoms with E-state index in [1.165, 1.54) is 34.9 Å². The van der Waals surface area contributed by atoms with Crippen molar-refractivity contribution < 1.29 is 23.0 Å². The summed E-state index contributed by atoms with van der Waals surface area (Å²) in [5, 5.41) is 0.582. The lowest BCUT2D eigenvalue weighted by molar-refractivity contribution is -0.286. The molecule has 1 aromatic carbocycles. The Bertz CT molecular complexity index is 688. The fourth-order valence-electron chi connectivity index (χ4n) is 1.97. The summed E-state index contributed by atoms with van der Waals surface area (Å²) in [6.45, 7) is 0. The molecule has 2 heterocycles. The van der Waals surface area contributed by atoms with Crippen LogP contribution < -0.4 is 9.47 Å². The van der Waals surface area contributed by atoms with E-state index in [2.05, 4.69) is 14.5 Å². The van der Waals surface area contributed by atoms with Gasteiger partial charge in [0.1, 0.15) is 5.70 Å². The van der Waals surface area contributed by atoms with Gasteiger partial charge in [0, 0.05) is 7.05 Å². The Kier molecular flexibility index (Phi) is 3.12. The Morgan fingerprint density at radius 2 is 2.05 bits per heavy atom. The van der Waals surface area contributed by atoms with E-state index in [9.17, 15) is 13.6 Å². The topological polar surface area (TPSA) is 51.1 Å². The van der Waals surface area contributed by atoms with Crippen LogP contribution in [0.5, 0.6) is 11.5 Å². The van der Waals surface area contributed by atoms with Crippen LogP contribution in [-0.2, 0) is 4.79 Å². The number of carbonyl (C=O) groups is 1. The molecule has 1 amide bonds. The highest BCUT2D eigenvalue weighted by molar-refractivity contribution is 8.13. The first-order chi connectivity index (χ1) is 9.89. The second-order valence-corrected chi connectivity index (χ2v) is 5.14. The maximum absolute atomic E-state index is 12.9. The average molecular weight is 312 g/mol. The summed E-state index contributed by atoms with van der Waals surface area (Å²) >= 11 is 1.35. The van der Waals surface area contributed by atoms with Crippen LogP contribution in [-0.4, -0.2) is 35.6 Å². The van der Waals surface area contributed by atoms with Gasteiger partial charge in [-0.1, -0.05) is 17.8 Å².